The number of aryl methyl sites for hydroxylation is 1. The summed E-state index contributed by atoms with van der Waals surface area (Å²) in [5.41, 5.74) is 3.08. The van der Waals surface area contributed by atoms with E-state index >= 15 is 0 Å². The van der Waals surface area contributed by atoms with E-state index in [1.165, 1.54) is 0 Å². The van der Waals surface area contributed by atoms with Crippen LogP contribution in [0.1, 0.15) is 17.4 Å². The summed E-state index contributed by atoms with van der Waals surface area (Å²) in [7, 11) is 1.98. The van der Waals surface area contributed by atoms with Crippen molar-refractivity contribution in [2.45, 2.75) is 6.92 Å². The van der Waals surface area contributed by atoms with Crippen molar-refractivity contribution < 1.29 is 9.53 Å². The summed E-state index contributed by atoms with van der Waals surface area (Å²) in [5, 5.41) is 6.00. The fraction of sp³-hybridized carbons (Fsp3) is 0.143. The van der Waals surface area contributed by atoms with Crippen LogP contribution < -0.4 is 5.32 Å². The molecular weight excluding hydrogens is 362 g/mol. The molecule has 0 aliphatic rings. The number of hydrogen-bond donors (Lipinski definition) is 1. The van der Waals surface area contributed by atoms with Gasteiger partial charge in [0.25, 0.3) is 0 Å². The van der Waals surface area contributed by atoms with E-state index in [2.05, 4.69) is 20.9 Å². The minimum Gasteiger partial charge on any atom is -0.461 e. The van der Waals surface area contributed by atoms with Crippen molar-refractivity contribution in [3.05, 3.63) is 65.3 Å². The number of aromatic nitrogens is 2. The highest BCUT2D eigenvalue weighted by atomic mass is 35.5. The molecule has 0 spiro atoms. The second-order valence-corrected chi connectivity index (χ2v) is 6.62. The zero-order valence-corrected chi connectivity index (χ0v) is 15.7. The Labute approximate surface area is 161 Å². The lowest BCUT2D eigenvalue weighted by Gasteiger charge is -2.10. The molecule has 0 aliphatic carbocycles. The van der Waals surface area contributed by atoms with Crippen LogP contribution in [-0.2, 0) is 11.8 Å². The Balaban J connectivity index is 1.96. The Kier molecular flexibility index (Phi) is 4.46. The van der Waals surface area contributed by atoms with Gasteiger partial charge in [0, 0.05) is 28.7 Å². The number of anilines is 2. The normalized spacial score (nSPS) is 11.1. The first-order chi connectivity index (χ1) is 13.1. The molecule has 6 heteroatoms. The second kappa shape index (κ2) is 6.93. The number of halogens is 1. The van der Waals surface area contributed by atoms with Crippen molar-refractivity contribution in [3.8, 4) is 0 Å². The molecule has 4 rings (SSSR count). The monoisotopic (exact) mass is 379 g/mol. The van der Waals surface area contributed by atoms with Gasteiger partial charge in [0.15, 0.2) is 5.69 Å². The van der Waals surface area contributed by atoms with Gasteiger partial charge in [-0.1, -0.05) is 29.8 Å². The molecule has 0 radical (unpaired) electrons. The number of nitrogens with one attached hydrogen (secondary N) is 1. The molecule has 2 aromatic carbocycles. The average Bonchev–Trinajstić information content (AvgIpc) is 2.97. The maximum Gasteiger partial charge on any atom is 0.357 e. The third-order valence-corrected chi connectivity index (χ3v) is 4.74. The molecule has 1 N–H and O–H groups in total. The van der Waals surface area contributed by atoms with Crippen LogP contribution in [0.2, 0.25) is 5.02 Å². The van der Waals surface area contributed by atoms with Crippen molar-refractivity contribution in [2.75, 3.05) is 11.9 Å². The summed E-state index contributed by atoms with van der Waals surface area (Å²) in [6, 6.07) is 17.2. The Morgan fingerprint density at radius 2 is 1.89 bits per heavy atom. The van der Waals surface area contributed by atoms with Gasteiger partial charge in [0.1, 0.15) is 5.82 Å². The molecule has 4 aromatic rings. The fourth-order valence-corrected chi connectivity index (χ4v) is 3.36. The molecule has 5 nitrogen and oxygen atoms in total. The molecule has 2 aromatic heterocycles. The molecule has 2 heterocycles. The van der Waals surface area contributed by atoms with E-state index in [0.717, 1.165) is 27.5 Å². The number of esters is 1. The molecule has 27 heavy (non-hydrogen) atoms. The zero-order valence-electron chi connectivity index (χ0n) is 15.0. The van der Waals surface area contributed by atoms with E-state index in [9.17, 15) is 4.79 Å². The van der Waals surface area contributed by atoms with Gasteiger partial charge in [-0.2, -0.15) is 0 Å². The van der Waals surface area contributed by atoms with Crippen LogP contribution in [0.15, 0.2) is 54.6 Å². The molecule has 0 bridgehead atoms. The number of rotatable bonds is 4. The lowest BCUT2D eigenvalue weighted by atomic mass is 10.1. The standard InChI is InChI=1S/C21H18ClN3O2/c1-3-27-21(26)16-12-18-19(15-6-4-5-7-17(15)25(18)2)20(24-16)23-14-10-8-13(22)9-11-14/h4-12H,3H2,1-2H3,(H,23,24). The van der Waals surface area contributed by atoms with Gasteiger partial charge in [-0.3, -0.25) is 0 Å². The lowest BCUT2D eigenvalue weighted by Crippen LogP contribution is -2.09. The van der Waals surface area contributed by atoms with Crippen molar-refractivity contribution in [3.63, 3.8) is 0 Å². The number of para-hydroxylation sites is 1. The highest BCUT2D eigenvalue weighted by molar-refractivity contribution is 6.30. The highest BCUT2D eigenvalue weighted by Crippen LogP contribution is 2.34. The second-order valence-electron chi connectivity index (χ2n) is 6.18. The molecule has 0 amide bonds. The van der Waals surface area contributed by atoms with Crippen molar-refractivity contribution in [1.29, 1.82) is 0 Å². The summed E-state index contributed by atoms with van der Waals surface area (Å²) in [6.07, 6.45) is 0. The summed E-state index contributed by atoms with van der Waals surface area (Å²) in [5.74, 6) is 0.165. The number of carbonyl (C=O) groups excluding carboxylic acids is 1. The van der Waals surface area contributed by atoms with Crippen LogP contribution in [0.25, 0.3) is 21.8 Å². The average molecular weight is 380 g/mol. The van der Waals surface area contributed by atoms with Crippen LogP contribution in [-0.4, -0.2) is 22.1 Å². The third-order valence-electron chi connectivity index (χ3n) is 4.49. The zero-order chi connectivity index (χ0) is 19.0. The smallest absolute Gasteiger partial charge is 0.357 e. The molecule has 0 aliphatic heterocycles. The first kappa shape index (κ1) is 17.4. The summed E-state index contributed by atoms with van der Waals surface area (Å²) in [4.78, 5) is 16.9. The van der Waals surface area contributed by atoms with Crippen LogP contribution in [0.3, 0.4) is 0 Å². The Hall–Kier alpha value is -3.05. The number of fused-ring (bicyclic) bond motifs is 3. The quantitative estimate of drug-likeness (QED) is 0.489. The number of hydrogen-bond acceptors (Lipinski definition) is 4. The van der Waals surface area contributed by atoms with Crippen LogP contribution in [0.4, 0.5) is 11.5 Å². The van der Waals surface area contributed by atoms with Gasteiger partial charge in [0.2, 0.25) is 0 Å². The Bertz CT molecular complexity index is 1150. The van der Waals surface area contributed by atoms with Crippen molar-refractivity contribution in [2.24, 2.45) is 7.05 Å². The van der Waals surface area contributed by atoms with Gasteiger partial charge in [-0.15, -0.1) is 0 Å². The molecule has 0 fully saturated rings. The molecule has 0 atom stereocenters. The molecule has 0 saturated heterocycles. The number of ether oxygens (including phenoxy) is 1. The van der Waals surface area contributed by atoms with Gasteiger partial charge in [0.05, 0.1) is 17.5 Å². The van der Waals surface area contributed by atoms with E-state index in [0.29, 0.717) is 17.4 Å². The largest absolute Gasteiger partial charge is 0.461 e. The SMILES string of the molecule is CCOC(=O)c1cc2c(c(Nc3ccc(Cl)cc3)n1)c1ccccc1n2C. The Morgan fingerprint density at radius 1 is 1.15 bits per heavy atom. The van der Waals surface area contributed by atoms with Crippen LogP contribution in [0.5, 0.6) is 0 Å². The van der Waals surface area contributed by atoms with Gasteiger partial charge in [-0.25, -0.2) is 9.78 Å². The third kappa shape index (κ3) is 3.11. The van der Waals surface area contributed by atoms with Gasteiger partial charge in [-0.05, 0) is 43.3 Å². The topological polar surface area (TPSA) is 56.1 Å². The lowest BCUT2D eigenvalue weighted by molar-refractivity contribution is 0.0520. The molecular formula is C21H18ClN3O2. The predicted molar refractivity (Wildman–Crippen MR) is 109 cm³/mol. The number of benzene rings is 2. The van der Waals surface area contributed by atoms with Crippen LogP contribution in [0, 0.1) is 0 Å². The molecule has 0 unspecified atom stereocenters. The number of pyridine rings is 1. The highest BCUT2D eigenvalue weighted by Gasteiger charge is 2.18. The number of nitrogens with zero attached hydrogens (tertiary/aromatic N) is 2. The van der Waals surface area contributed by atoms with Gasteiger partial charge < -0.3 is 14.6 Å². The number of carbonyl (C=O) groups is 1. The Morgan fingerprint density at radius 3 is 2.63 bits per heavy atom. The van der Waals surface area contributed by atoms with Gasteiger partial charge >= 0.3 is 5.97 Å². The molecule has 136 valence electrons. The fourth-order valence-electron chi connectivity index (χ4n) is 3.24. The first-order valence-corrected chi connectivity index (χ1v) is 9.04. The van der Waals surface area contributed by atoms with E-state index in [1.807, 2.05) is 37.4 Å². The van der Waals surface area contributed by atoms with Crippen molar-refractivity contribution >= 4 is 50.9 Å². The maximum atomic E-state index is 12.3. The first-order valence-electron chi connectivity index (χ1n) is 8.66. The van der Waals surface area contributed by atoms with E-state index in [4.69, 9.17) is 16.3 Å². The summed E-state index contributed by atoms with van der Waals surface area (Å²) >= 11 is 5.98. The minimum atomic E-state index is -0.441. The van der Waals surface area contributed by atoms with E-state index in [-0.39, 0.29) is 5.69 Å². The predicted octanol–water partition coefficient (Wildman–Crippen LogP) is 5.30. The maximum absolute atomic E-state index is 12.3. The summed E-state index contributed by atoms with van der Waals surface area (Å²) < 4.78 is 7.21. The van der Waals surface area contributed by atoms with Crippen LogP contribution >= 0.6 is 11.6 Å². The minimum absolute atomic E-state index is 0.270. The molecule has 0 saturated carbocycles. The van der Waals surface area contributed by atoms with E-state index in [1.54, 1.807) is 25.1 Å². The summed E-state index contributed by atoms with van der Waals surface area (Å²) in [6.45, 7) is 2.08. The van der Waals surface area contributed by atoms with E-state index < -0.39 is 5.97 Å². The van der Waals surface area contributed by atoms with Crippen molar-refractivity contribution in [1.82, 2.24) is 9.55 Å².